The van der Waals surface area contributed by atoms with Gasteiger partial charge in [0.05, 0.1) is 11.7 Å². The average Bonchev–Trinajstić information content (AvgIpc) is 2.76. The molecule has 0 unspecified atom stereocenters. The van der Waals surface area contributed by atoms with Crippen molar-refractivity contribution in [3.8, 4) is 5.75 Å². The highest BCUT2D eigenvalue weighted by molar-refractivity contribution is 5.88. The van der Waals surface area contributed by atoms with Crippen LogP contribution in [0.3, 0.4) is 0 Å². The van der Waals surface area contributed by atoms with Crippen LogP contribution in [0.2, 0.25) is 0 Å². The summed E-state index contributed by atoms with van der Waals surface area (Å²) in [4.78, 5) is 34.8. The predicted molar refractivity (Wildman–Crippen MR) is 108 cm³/mol. The molecule has 1 saturated heterocycles. The van der Waals surface area contributed by atoms with Crippen molar-refractivity contribution < 1.29 is 23.8 Å². The maximum absolute atomic E-state index is 13.1. The topological polar surface area (TPSA) is 92.6 Å². The fourth-order valence-corrected chi connectivity index (χ4v) is 3.53. The highest BCUT2D eigenvalue weighted by Crippen LogP contribution is 2.30. The highest BCUT2D eigenvalue weighted by Gasteiger charge is 2.30. The molecule has 30 heavy (non-hydrogen) atoms. The maximum atomic E-state index is 13.1. The van der Waals surface area contributed by atoms with E-state index in [1.165, 1.54) is 30.5 Å². The van der Waals surface area contributed by atoms with Gasteiger partial charge in [-0.25, -0.2) is 19.2 Å². The lowest BCUT2D eigenvalue weighted by Crippen LogP contribution is -2.39. The van der Waals surface area contributed by atoms with Crippen LogP contribution in [0.5, 0.6) is 5.75 Å². The summed E-state index contributed by atoms with van der Waals surface area (Å²) in [6.07, 6.45) is 6.16. The zero-order valence-electron chi connectivity index (χ0n) is 17.0. The van der Waals surface area contributed by atoms with Crippen LogP contribution in [-0.2, 0) is 11.4 Å². The summed E-state index contributed by atoms with van der Waals surface area (Å²) in [5, 5.41) is 9.49. The Bertz CT molecular complexity index is 888. The number of carbonyl (C=O) groups excluding carboxylic acids is 1. The first-order chi connectivity index (χ1) is 14.5. The van der Waals surface area contributed by atoms with Gasteiger partial charge in [-0.2, -0.15) is 0 Å². The van der Waals surface area contributed by atoms with Gasteiger partial charge in [-0.05, 0) is 49.9 Å². The Kier molecular flexibility index (Phi) is 7.32. The van der Waals surface area contributed by atoms with E-state index in [2.05, 4.69) is 9.97 Å². The van der Waals surface area contributed by atoms with Gasteiger partial charge in [-0.3, -0.25) is 4.79 Å². The van der Waals surface area contributed by atoms with E-state index in [9.17, 15) is 19.1 Å². The molecule has 8 heteroatoms. The number of likely N-dealkylation sites (tertiary alicyclic amines) is 1. The molecule has 1 aliphatic rings. The van der Waals surface area contributed by atoms with Gasteiger partial charge in [0.15, 0.2) is 5.82 Å². The standard InChI is InChI=1S/C22H26FN3O4/c1-2-3-7-20(27)26-12-5-4-6-19(26)21-24-13-17(22(28)29)18(25-21)14-30-16-10-8-15(23)9-11-16/h8-11,13,19H,2-7,12,14H2,1H3,(H,28,29)/t19-/m0/s1. The van der Waals surface area contributed by atoms with E-state index in [1.807, 2.05) is 11.8 Å². The summed E-state index contributed by atoms with van der Waals surface area (Å²) in [6.45, 7) is 2.60. The fraction of sp³-hybridized carbons (Fsp3) is 0.455. The molecule has 160 valence electrons. The first kappa shape index (κ1) is 21.7. The first-order valence-electron chi connectivity index (χ1n) is 10.3. The average molecular weight is 415 g/mol. The van der Waals surface area contributed by atoms with E-state index in [0.717, 1.165) is 32.1 Å². The Morgan fingerprint density at radius 3 is 2.73 bits per heavy atom. The van der Waals surface area contributed by atoms with Gasteiger partial charge in [0.2, 0.25) is 5.91 Å². The number of carboxylic acids is 1. The lowest BCUT2D eigenvalue weighted by atomic mass is 10.00. The molecule has 1 N–H and O–H groups in total. The molecule has 0 radical (unpaired) electrons. The molecule has 7 nitrogen and oxygen atoms in total. The smallest absolute Gasteiger partial charge is 0.339 e. The number of carboxylic acid groups (broad SMARTS) is 1. The molecule has 1 atom stereocenters. The van der Waals surface area contributed by atoms with Crippen molar-refractivity contribution in [3.63, 3.8) is 0 Å². The number of halogens is 1. The predicted octanol–water partition coefficient (Wildman–Crippen LogP) is 4.14. The number of aromatic carboxylic acids is 1. The molecule has 1 fully saturated rings. The number of amides is 1. The Hall–Kier alpha value is -3.03. The summed E-state index contributed by atoms with van der Waals surface area (Å²) >= 11 is 0. The Balaban J connectivity index is 1.83. The third-order valence-electron chi connectivity index (χ3n) is 5.17. The lowest BCUT2D eigenvalue weighted by molar-refractivity contribution is -0.135. The minimum atomic E-state index is -1.15. The molecule has 3 rings (SSSR count). The van der Waals surface area contributed by atoms with Crippen molar-refractivity contribution in [1.29, 1.82) is 0 Å². The number of nitrogens with zero attached hydrogens (tertiary/aromatic N) is 3. The minimum absolute atomic E-state index is 0.0551. The molecular formula is C22H26FN3O4. The number of unbranched alkanes of at least 4 members (excludes halogenated alkanes) is 1. The van der Waals surface area contributed by atoms with Crippen LogP contribution >= 0.6 is 0 Å². The molecule has 2 heterocycles. The molecule has 2 aromatic rings. The summed E-state index contributed by atoms with van der Waals surface area (Å²) in [7, 11) is 0. The number of rotatable bonds is 8. The Morgan fingerprint density at radius 2 is 2.03 bits per heavy atom. The van der Waals surface area contributed by atoms with Crippen LogP contribution in [0.1, 0.15) is 73.4 Å². The van der Waals surface area contributed by atoms with Gasteiger partial charge in [0, 0.05) is 19.2 Å². The third kappa shape index (κ3) is 5.31. The van der Waals surface area contributed by atoms with Crippen molar-refractivity contribution >= 4 is 11.9 Å². The molecule has 1 aromatic carbocycles. The number of hydrogen-bond acceptors (Lipinski definition) is 5. The van der Waals surface area contributed by atoms with E-state index >= 15 is 0 Å². The van der Waals surface area contributed by atoms with E-state index < -0.39 is 5.97 Å². The quantitative estimate of drug-likeness (QED) is 0.697. The molecular weight excluding hydrogens is 389 g/mol. The van der Waals surface area contributed by atoms with E-state index in [4.69, 9.17) is 4.74 Å². The van der Waals surface area contributed by atoms with Crippen molar-refractivity contribution in [2.24, 2.45) is 0 Å². The largest absolute Gasteiger partial charge is 0.487 e. The van der Waals surface area contributed by atoms with Crippen molar-refractivity contribution in [2.75, 3.05) is 6.54 Å². The van der Waals surface area contributed by atoms with Gasteiger partial charge < -0.3 is 14.7 Å². The van der Waals surface area contributed by atoms with Crippen LogP contribution in [0.15, 0.2) is 30.5 Å². The normalized spacial score (nSPS) is 16.3. The second kappa shape index (κ2) is 10.1. The third-order valence-corrected chi connectivity index (χ3v) is 5.17. The number of benzene rings is 1. The minimum Gasteiger partial charge on any atom is -0.487 e. The van der Waals surface area contributed by atoms with Crippen LogP contribution in [0.25, 0.3) is 0 Å². The van der Waals surface area contributed by atoms with Crippen molar-refractivity contribution in [3.05, 3.63) is 53.4 Å². The van der Waals surface area contributed by atoms with E-state index in [-0.39, 0.29) is 35.6 Å². The van der Waals surface area contributed by atoms with Crippen molar-refractivity contribution in [1.82, 2.24) is 14.9 Å². The molecule has 0 bridgehead atoms. The van der Waals surface area contributed by atoms with Gasteiger partial charge in [-0.1, -0.05) is 13.3 Å². The van der Waals surface area contributed by atoms with Crippen LogP contribution in [0, 0.1) is 5.82 Å². The van der Waals surface area contributed by atoms with Gasteiger partial charge in [-0.15, -0.1) is 0 Å². The van der Waals surface area contributed by atoms with Crippen LogP contribution < -0.4 is 4.74 Å². The van der Waals surface area contributed by atoms with Crippen LogP contribution in [-0.4, -0.2) is 38.4 Å². The van der Waals surface area contributed by atoms with E-state index in [0.29, 0.717) is 24.5 Å². The monoisotopic (exact) mass is 415 g/mol. The highest BCUT2D eigenvalue weighted by atomic mass is 19.1. The van der Waals surface area contributed by atoms with Gasteiger partial charge >= 0.3 is 5.97 Å². The van der Waals surface area contributed by atoms with Gasteiger partial charge in [0.25, 0.3) is 0 Å². The Labute approximate surface area is 174 Å². The molecule has 0 aliphatic carbocycles. The molecule has 0 spiro atoms. The number of aromatic nitrogens is 2. The number of ether oxygens (including phenoxy) is 1. The number of piperidine rings is 1. The summed E-state index contributed by atoms with van der Waals surface area (Å²) in [6, 6.07) is 5.19. The maximum Gasteiger partial charge on any atom is 0.339 e. The zero-order chi connectivity index (χ0) is 21.5. The van der Waals surface area contributed by atoms with Crippen molar-refractivity contribution in [2.45, 2.75) is 58.1 Å². The SMILES string of the molecule is CCCCC(=O)N1CCCC[C@H]1c1ncc(C(=O)O)c(COc2ccc(F)cc2)n1. The Morgan fingerprint density at radius 1 is 1.27 bits per heavy atom. The van der Waals surface area contributed by atoms with E-state index in [1.54, 1.807) is 0 Å². The molecule has 0 saturated carbocycles. The molecule has 1 amide bonds. The number of hydrogen-bond donors (Lipinski definition) is 1. The fourth-order valence-electron chi connectivity index (χ4n) is 3.53. The first-order valence-corrected chi connectivity index (χ1v) is 10.3. The summed E-state index contributed by atoms with van der Waals surface area (Å²) < 4.78 is 18.7. The lowest BCUT2D eigenvalue weighted by Gasteiger charge is -2.35. The molecule has 1 aliphatic heterocycles. The number of carbonyl (C=O) groups is 2. The summed E-state index contributed by atoms with van der Waals surface area (Å²) in [5.41, 5.74) is 0.170. The second-order valence-electron chi connectivity index (χ2n) is 7.34. The van der Waals surface area contributed by atoms with Gasteiger partial charge in [0.1, 0.15) is 23.7 Å². The summed E-state index contributed by atoms with van der Waals surface area (Å²) in [5.74, 6) is -0.623. The van der Waals surface area contributed by atoms with Crippen LogP contribution in [0.4, 0.5) is 4.39 Å². The zero-order valence-corrected chi connectivity index (χ0v) is 17.0. The second-order valence-corrected chi connectivity index (χ2v) is 7.34. The molecule has 1 aromatic heterocycles.